The summed E-state index contributed by atoms with van der Waals surface area (Å²) in [5.74, 6) is 0.698. The molecule has 0 aliphatic heterocycles. The van der Waals surface area contributed by atoms with Crippen LogP contribution in [0.15, 0.2) is 0 Å². The number of hydrogen-bond donors (Lipinski definition) is 3. The average molecular weight is 409 g/mol. The van der Waals surface area contributed by atoms with Crippen molar-refractivity contribution in [3.05, 3.63) is 0 Å². The third-order valence-corrected chi connectivity index (χ3v) is 7.62. The van der Waals surface area contributed by atoms with Gasteiger partial charge in [-0.2, -0.15) is 0 Å². The van der Waals surface area contributed by atoms with Gasteiger partial charge in [-0.15, -0.1) is 0 Å². The van der Waals surface area contributed by atoms with Crippen LogP contribution < -0.4 is 5.32 Å². The maximum atomic E-state index is 12.3. The summed E-state index contributed by atoms with van der Waals surface area (Å²) in [4.78, 5) is 22.0. The van der Waals surface area contributed by atoms with Gasteiger partial charge in [-0.05, 0) is 0 Å². The molecule has 1 rings (SSSR count). The Labute approximate surface area is 149 Å². The number of aliphatic hydroxyl groups excluding tert-OH is 1. The summed E-state index contributed by atoms with van der Waals surface area (Å²) in [6.45, 7) is 4.20. The summed E-state index contributed by atoms with van der Waals surface area (Å²) >= 11 is 1.38. The zero-order valence-electron chi connectivity index (χ0n) is 14.4. The van der Waals surface area contributed by atoms with Crippen molar-refractivity contribution in [1.82, 2.24) is 5.32 Å². The minimum absolute atomic E-state index is 0.0436. The Bertz CT molecular complexity index is 413. The molecule has 136 valence electrons. The van der Waals surface area contributed by atoms with Crippen LogP contribution in [0.2, 0.25) is 4.71 Å². The van der Waals surface area contributed by atoms with E-state index in [9.17, 15) is 19.4 Å². The number of rotatable bonds is 9. The molecule has 4 atom stereocenters. The van der Waals surface area contributed by atoms with Crippen LogP contribution in [-0.4, -0.2) is 57.7 Å². The molecule has 0 radical (unpaired) electrons. The summed E-state index contributed by atoms with van der Waals surface area (Å²) in [7, 11) is -3.32. The standard InChI is InChI=1S/C16H33AsNO4P/c1-12(2)8-15(17)16(20)18-9-14(19)11-23(21,22)10-13-6-4-3-5-7-13/h12-15,19H,3-11,17H2,1-2H3,(H,18,20)(H,21,22)/t14-,15+/m1/s1. The molecule has 0 aromatic rings. The van der Waals surface area contributed by atoms with Crippen LogP contribution in [-0.2, 0) is 9.36 Å². The molecule has 0 bridgehead atoms. The third kappa shape index (κ3) is 9.29. The second-order valence-corrected chi connectivity index (χ2v) is 11.5. The Morgan fingerprint density at radius 2 is 1.91 bits per heavy atom. The van der Waals surface area contributed by atoms with Crippen molar-refractivity contribution in [3.63, 3.8) is 0 Å². The fraction of sp³-hybridized carbons (Fsp3) is 0.938. The first-order valence-corrected chi connectivity index (χ1v) is 12.1. The van der Waals surface area contributed by atoms with Crippen LogP contribution in [0.25, 0.3) is 0 Å². The summed E-state index contributed by atoms with van der Waals surface area (Å²) < 4.78 is 12.3. The third-order valence-electron chi connectivity index (χ3n) is 4.34. The van der Waals surface area contributed by atoms with Gasteiger partial charge in [0.05, 0.1) is 0 Å². The Morgan fingerprint density at radius 3 is 2.48 bits per heavy atom. The minimum atomic E-state index is -3.32. The predicted octanol–water partition coefficient (Wildman–Crippen LogP) is 1.78. The molecule has 1 saturated carbocycles. The van der Waals surface area contributed by atoms with Gasteiger partial charge in [0.2, 0.25) is 0 Å². The molecular weight excluding hydrogens is 376 g/mol. The van der Waals surface area contributed by atoms with Crippen molar-refractivity contribution in [2.24, 2.45) is 11.8 Å². The van der Waals surface area contributed by atoms with E-state index < -0.39 is 13.5 Å². The van der Waals surface area contributed by atoms with Gasteiger partial charge in [0, 0.05) is 0 Å². The molecular formula is C16H33AsNO4P. The molecule has 2 unspecified atom stereocenters. The van der Waals surface area contributed by atoms with E-state index in [0.29, 0.717) is 18.0 Å². The maximum absolute atomic E-state index is 12.3. The molecule has 5 nitrogen and oxygen atoms in total. The normalized spacial score (nSPS) is 21.7. The molecule has 0 saturated heterocycles. The van der Waals surface area contributed by atoms with Gasteiger partial charge in [-0.3, -0.25) is 0 Å². The first kappa shape index (κ1) is 21.2. The molecule has 0 spiro atoms. The van der Waals surface area contributed by atoms with Crippen molar-refractivity contribution in [1.29, 1.82) is 0 Å². The van der Waals surface area contributed by atoms with Gasteiger partial charge < -0.3 is 0 Å². The van der Waals surface area contributed by atoms with Crippen molar-refractivity contribution in [3.8, 4) is 0 Å². The van der Waals surface area contributed by atoms with E-state index >= 15 is 0 Å². The van der Waals surface area contributed by atoms with E-state index in [-0.39, 0.29) is 23.3 Å². The van der Waals surface area contributed by atoms with Gasteiger partial charge in [0.25, 0.3) is 0 Å². The quantitative estimate of drug-likeness (QED) is 0.400. The fourth-order valence-electron chi connectivity index (χ4n) is 3.21. The summed E-state index contributed by atoms with van der Waals surface area (Å²) in [5.41, 5.74) is 0. The fourth-order valence-corrected chi connectivity index (χ4v) is 6.70. The Hall–Kier alpha value is 0.178. The molecule has 1 aliphatic rings. The Balaban J connectivity index is 2.32. The van der Waals surface area contributed by atoms with Crippen molar-refractivity contribution < 1.29 is 19.4 Å². The second-order valence-electron chi connectivity index (χ2n) is 7.35. The van der Waals surface area contributed by atoms with E-state index in [0.717, 1.165) is 32.1 Å². The molecule has 23 heavy (non-hydrogen) atoms. The number of carbonyl (C=O) groups is 1. The summed E-state index contributed by atoms with van der Waals surface area (Å²) in [6, 6.07) is 0. The number of carbonyl (C=O) groups excluding carboxylic acids is 1. The zero-order chi connectivity index (χ0) is 17.5. The number of aliphatic hydroxyl groups is 1. The molecule has 0 aromatic heterocycles. The van der Waals surface area contributed by atoms with E-state index in [4.69, 9.17) is 0 Å². The van der Waals surface area contributed by atoms with E-state index in [1.54, 1.807) is 0 Å². The van der Waals surface area contributed by atoms with Gasteiger partial charge in [-0.1, -0.05) is 0 Å². The number of nitrogens with one attached hydrogen (secondary N) is 1. The summed E-state index contributed by atoms with van der Waals surface area (Å²) in [5, 5.41) is 12.7. The van der Waals surface area contributed by atoms with Gasteiger partial charge in [0.15, 0.2) is 0 Å². The monoisotopic (exact) mass is 409 g/mol. The van der Waals surface area contributed by atoms with Gasteiger partial charge in [-0.25, -0.2) is 0 Å². The Morgan fingerprint density at radius 1 is 1.30 bits per heavy atom. The van der Waals surface area contributed by atoms with E-state index in [1.807, 2.05) is 0 Å². The van der Waals surface area contributed by atoms with E-state index in [2.05, 4.69) is 19.2 Å². The van der Waals surface area contributed by atoms with Gasteiger partial charge >= 0.3 is 149 Å². The van der Waals surface area contributed by atoms with Crippen molar-refractivity contribution >= 4 is 30.1 Å². The second kappa shape index (κ2) is 10.2. The number of hydrogen-bond acceptors (Lipinski definition) is 3. The topological polar surface area (TPSA) is 86.6 Å². The molecule has 0 heterocycles. The van der Waals surface area contributed by atoms with Crippen LogP contribution >= 0.6 is 7.37 Å². The molecule has 1 aliphatic carbocycles. The van der Waals surface area contributed by atoms with Crippen LogP contribution in [0.1, 0.15) is 52.4 Å². The van der Waals surface area contributed by atoms with E-state index in [1.165, 1.54) is 23.3 Å². The van der Waals surface area contributed by atoms with Crippen molar-refractivity contribution in [2.45, 2.75) is 63.2 Å². The Kier molecular flexibility index (Phi) is 9.44. The van der Waals surface area contributed by atoms with Crippen molar-refractivity contribution in [2.75, 3.05) is 18.9 Å². The molecule has 1 amide bonds. The molecule has 3 N–H and O–H groups in total. The molecule has 7 heteroatoms. The predicted molar refractivity (Wildman–Crippen MR) is 96.9 cm³/mol. The first-order chi connectivity index (χ1) is 10.7. The van der Waals surface area contributed by atoms with Crippen LogP contribution in [0.3, 0.4) is 0 Å². The molecule has 1 fully saturated rings. The summed E-state index contributed by atoms with van der Waals surface area (Å²) in [6.07, 6.45) is 5.60. The number of amides is 1. The SMILES string of the molecule is CC(C)C[C@H]([AsH2])C(=O)NC[C@@H](O)CP(=O)(O)CC1CCCCC1. The van der Waals surface area contributed by atoms with Crippen LogP contribution in [0.5, 0.6) is 0 Å². The molecule has 0 aromatic carbocycles. The van der Waals surface area contributed by atoms with Gasteiger partial charge in [0.1, 0.15) is 0 Å². The first-order valence-electron chi connectivity index (χ1n) is 8.72. The average Bonchev–Trinajstić information content (AvgIpc) is 2.43. The van der Waals surface area contributed by atoms with Crippen LogP contribution in [0.4, 0.5) is 0 Å². The zero-order valence-corrected chi connectivity index (χ0v) is 17.7. The van der Waals surface area contributed by atoms with Crippen LogP contribution in [0, 0.1) is 11.8 Å².